The highest BCUT2D eigenvalue weighted by Gasteiger charge is 2.21. The topological polar surface area (TPSA) is 51.8 Å². The molecule has 3 heterocycles. The minimum absolute atomic E-state index is 0.647. The number of fused-ring (bicyclic) bond motifs is 7. The van der Waals surface area contributed by atoms with Crippen LogP contribution < -0.4 is 0 Å². The first-order chi connectivity index (χ1) is 29.7. The second-order valence-electron chi connectivity index (χ2n) is 15.7. The van der Waals surface area contributed by atoms with Crippen LogP contribution in [0, 0.1) is 0 Å². The van der Waals surface area contributed by atoms with E-state index in [2.05, 4.69) is 158 Å². The van der Waals surface area contributed by atoms with Crippen molar-refractivity contribution in [1.29, 1.82) is 0 Å². The summed E-state index contributed by atoms with van der Waals surface area (Å²) in [6.45, 7) is 0. The number of allylic oxidation sites excluding steroid dienone is 4. The molecule has 0 saturated carbocycles. The van der Waals surface area contributed by atoms with Crippen LogP contribution in [0.25, 0.3) is 111 Å². The molecule has 2 aliphatic carbocycles. The molecule has 2 aliphatic rings. The Kier molecular flexibility index (Phi) is 8.27. The van der Waals surface area contributed by atoms with Crippen molar-refractivity contribution in [3.63, 3.8) is 0 Å². The fraction of sp³-hybridized carbons (Fsp3) is 0.0727. The lowest BCUT2D eigenvalue weighted by Gasteiger charge is -2.14. The van der Waals surface area contributed by atoms with E-state index >= 15 is 0 Å². The average Bonchev–Trinajstić information content (AvgIpc) is 3.89. The van der Waals surface area contributed by atoms with Crippen LogP contribution in [-0.2, 0) is 12.8 Å². The van der Waals surface area contributed by atoms with E-state index in [9.17, 15) is 0 Å². The molecule has 0 unspecified atom stereocenters. The molecule has 0 aliphatic heterocycles. The first-order valence-electron chi connectivity index (χ1n) is 20.7. The van der Waals surface area contributed by atoms with Gasteiger partial charge in [-0.05, 0) is 106 Å². The van der Waals surface area contributed by atoms with E-state index in [-0.39, 0.29) is 0 Å². The fourth-order valence-corrected chi connectivity index (χ4v) is 10.4. The molecule has 7 aromatic carbocycles. The molecule has 0 spiro atoms. The number of benzene rings is 7. The molecule has 0 radical (unpaired) electrons. The first-order valence-corrected chi connectivity index (χ1v) is 21.5. The van der Waals surface area contributed by atoms with E-state index in [1.54, 1.807) is 0 Å². The van der Waals surface area contributed by atoms with E-state index in [4.69, 9.17) is 19.4 Å². The summed E-state index contributed by atoms with van der Waals surface area (Å²) >= 11 is 1.88. The molecule has 0 fully saturated rings. The Balaban J connectivity index is 0.968. The van der Waals surface area contributed by atoms with E-state index in [0.717, 1.165) is 75.4 Å². The minimum Gasteiger partial charge on any atom is -0.456 e. The Morgan fingerprint density at radius 1 is 0.500 bits per heavy atom. The Bertz CT molecular complexity index is 3420. The first kappa shape index (κ1) is 34.8. The molecular weight excluding hydrogens is 751 g/mol. The normalized spacial score (nSPS) is 14.6. The highest BCUT2D eigenvalue weighted by atomic mass is 32.1. The summed E-state index contributed by atoms with van der Waals surface area (Å²) in [5, 5.41) is 6.02. The number of furan rings is 1. The third-order valence-electron chi connectivity index (χ3n) is 12.0. The lowest BCUT2D eigenvalue weighted by Crippen LogP contribution is -2.00. The predicted octanol–water partition coefficient (Wildman–Crippen LogP) is 14.9. The molecule has 4 nitrogen and oxygen atoms in total. The smallest absolute Gasteiger partial charge is 0.164 e. The van der Waals surface area contributed by atoms with Crippen LogP contribution in [0.5, 0.6) is 0 Å². The van der Waals surface area contributed by atoms with Gasteiger partial charge in [0.1, 0.15) is 11.2 Å². The third-order valence-corrected chi connectivity index (χ3v) is 13.3. The molecular formula is C55H37N3OS. The van der Waals surface area contributed by atoms with Crippen LogP contribution >= 0.6 is 11.3 Å². The molecule has 0 atom stereocenters. The van der Waals surface area contributed by atoms with Crippen LogP contribution in [0.15, 0.2) is 168 Å². The van der Waals surface area contributed by atoms with E-state index in [1.807, 2.05) is 29.5 Å². The summed E-state index contributed by atoms with van der Waals surface area (Å²) in [5.74, 6) is 1.99. The van der Waals surface area contributed by atoms with Gasteiger partial charge in [0.2, 0.25) is 0 Å². The number of hydrogen-bond donors (Lipinski definition) is 0. The maximum Gasteiger partial charge on any atom is 0.164 e. The Hall–Kier alpha value is -7.21. The van der Waals surface area contributed by atoms with Gasteiger partial charge < -0.3 is 4.42 Å². The Labute approximate surface area is 351 Å². The van der Waals surface area contributed by atoms with Gasteiger partial charge in [0.25, 0.3) is 0 Å². The van der Waals surface area contributed by atoms with E-state index < -0.39 is 0 Å². The van der Waals surface area contributed by atoms with Crippen molar-refractivity contribution < 1.29 is 4.42 Å². The van der Waals surface area contributed by atoms with E-state index in [0.29, 0.717) is 17.5 Å². The number of nitrogens with zero attached hydrogens (tertiary/aromatic N) is 3. The van der Waals surface area contributed by atoms with Gasteiger partial charge >= 0.3 is 0 Å². The van der Waals surface area contributed by atoms with Crippen molar-refractivity contribution >= 4 is 66.3 Å². The van der Waals surface area contributed by atoms with Gasteiger partial charge in [-0.25, -0.2) is 15.0 Å². The van der Waals surface area contributed by atoms with Crippen molar-refractivity contribution in [2.24, 2.45) is 0 Å². The van der Waals surface area contributed by atoms with Crippen LogP contribution in [-0.4, -0.2) is 15.0 Å². The zero-order valence-corrected chi connectivity index (χ0v) is 33.5. The largest absolute Gasteiger partial charge is 0.456 e. The van der Waals surface area contributed by atoms with Crippen molar-refractivity contribution in [2.75, 3.05) is 0 Å². The number of thiophene rings is 1. The fourth-order valence-electron chi connectivity index (χ4n) is 9.13. The van der Waals surface area contributed by atoms with Gasteiger partial charge in [0.05, 0.1) is 0 Å². The summed E-state index contributed by atoms with van der Waals surface area (Å²) in [7, 11) is 0. The van der Waals surface area contributed by atoms with Crippen LogP contribution in [0.2, 0.25) is 0 Å². The van der Waals surface area contributed by atoms with Gasteiger partial charge in [-0.15, -0.1) is 11.3 Å². The van der Waals surface area contributed by atoms with Crippen molar-refractivity contribution in [1.82, 2.24) is 15.0 Å². The molecule has 5 heteroatoms. The summed E-state index contributed by atoms with van der Waals surface area (Å²) in [4.78, 5) is 16.8. The molecule has 12 rings (SSSR count). The maximum atomic E-state index is 6.52. The third kappa shape index (κ3) is 5.92. The number of aryl methyl sites for hydroxylation is 1. The summed E-state index contributed by atoms with van der Waals surface area (Å²) in [5.41, 5.74) is 13.2. The quantitative estimate of drug-likeness (QED) is 0.163. The second-order valence-corrected chi connectivity index (χ2v) is 16.8. The highest BCUT2D eigenvalue weighted by Crippen LogP contribution is 2.43. The molecule has 0 saturated heterocycles. The van der Waals surface area contributed by atoms with Crippen molar-refractivity contribution in [2.45, 2.75) is 25.7 Å². The molecule has 284 valence electrons. The predicted molar refractivity (Wildman–Crippen MR) is 251 cm³/mol. The molecule has 0 amide bonds. The average molecular weight is 788 g/mol. The number of rotatable bonds is 5. The van der Waals surface area contributed by atoms with Crippen LogP contribution in [0.4, 0.5) is 0 Å². The molecule has 3 aromatic heterocycles. The van der Waals surface area contributed by atoms with Gasteiger partial charge in [-0.3, -0.25) is 0 Å². The van der Waals surface area contributed by atoms with Crippen LogP contribution in [0.1, 0.15) is 34.4 Å². The van der Waals surface area contributed by atoms with Crippen LogP contribution in [0.3, 0.4) is 0 Å². The summed E-state index contributed by atoms with van der Waals surface area (Å²) < 4.78 is 7.79. The summed E-state index contributed by atoms with van der Waals surface area (Å²) in [6, 6.07) is 49.7. The lowest BCUT2D eigenvalue weighted by atomic mass is 9.90. The maximum absolute atomic E-state index is 6.52. The molecule has 10 aromatic rings. The zero-order chi connectivity index (χ0) is 39.6. The standard InChI is InChI=1S/C55H37N3OS/c1-2-7-15-42-40(30-28-36-23-22-34(12-4-1)32-45(36)42)39-29-31-47-46(33-39)51-41(17-10-19-48(51)59-47)35-24-26-38(27-25-35)54-56-53(37-13-5-3-6-14-37)57-55(58-54)44-18-11-21-50-52(44)43-16-8-9-20-49(43)60-50/h2-8,10-14,16-19,21-33H,1,9,15,20H2/b7-2+,12-4-. The van der Waals surface area contributed by atoms with Gasteiger partial charge in [-0.2, -0.15) is 0 Å². The van der Waals surface area contributed by atoms with Gasteiger partial charge in [-0.1, -0.05) is 146 Å². The number of aromatic nitrogens is 3. The van der Waals surface area contributed by atoms with E-state index in [1.165, 1.54) is 53.6 Å². The number of hydrogen-bond acceptors (Lipinski definition) is 5. The SMILES string of the molecule is C1=Cc2c(sc3cccc(-c4nc(-c5ccccc5)nc(-c5ccc(-c6cccc7oc8ccc(-c9ccc%10ccc%11cc%10c9C/C=C/C/C=C\%11)cc8c67)cc5)n4)c23)CC1. The Morgan fingerprint density at radius 3 is 2.18 bits per heavy atom. The minimum atomic E-state index is 0.647. The van der Waals surface area contributed by atoms with Crippen molar-refractivity contribution in [3.05, 3.63) is 185 Å². The molecule has 0 N–H and O–H groups in total. The lowest BCUT2D eigenvalue weighted by molar-refractivity contribution is 0.669. The summed E-state index contributed by atoms with van der Waals surface area (Å²) in [6.07, 6.45) is 17.6. The monoisotopic (exact) mass is 787 g/mol. The highest BCUT2D eigenvalue weighted by molar-refractivity contribution is 7.19. The Morgan fingerprint density at radius 2 is 1.28 bits per heavy atom. The van der Waals surface area contributed by atoms with Crippen molar-refractivity contribution in [3.8, 4) is 56.4 Å². The van der Waals surface area contributed by atoms with Gasteiger partial charge in [0.15, 0.2) is 17.5 Å². The molecule has 60 heavy (non-hydrogen) atoms. The van der Waals surface area contributed by atoms with Gasteiger partial charge in [0, 0.05) is 42.4 Å². The molecule has 2 bridgehead atoms. The zero-order valence-electron chi connectivity index (χ0n) is 32.7. The second kappa shape index (κ2) is 14.3.